The van der Waals surface area contributed by atoms with E-state index >= 15 is 0 Å². The predicted molar refractivity (Wildman–Crippen MR) is 95.0 cm³/mol. The van der Waals surface area contributed by atoms with Gasteiger partial charge in [-0.05, 0) is 75.0 Å². The van der Waals surface area contributed by atoms with E-state index in [-0.39, 0.29) is 0 Å². The normalized spacial score (nSPS) is 12.5. The summed E-state index contributed by atoms with van der Waals surface area (Å²) in [5.74, 6) is 0. The molecule has 112 valence electrons. The molecule has 2 heteroatoms. The molecule has 2 rings (SSSR count). The lowest BCUT2D eigenvalue weighted by atomic mass is 9.91. The van der Waals surface area contributed by atoms with Crippen molar-refractivity contribution < 1.29 is 0 Å². The van der Waals surface area contributed by atoms with E-state index in [1.165, 1.54) is 37.9 Å². The summed E-state index contributed by atoms with van der Waals surface area (Å²) in [5.41, 5.74) is 8.21. The maximum absolute atomic E-state index is 3.58. The van der Waals surface area contributed by atoms with Crippen molar-refractivity contribution in [2.75, 3.05) is 7.05 Å². The molecule has 0 heterocycles. The van der Waals surface area contributed by atoms with Gasteiger partial charge in [-0.15, -0.1) is 0 Å². The molecule has 0 spiro atoms. The van der Waals surface area contributed by atoms with E-state index in [0.29, 0.717) is 6.04 Å². The number of benzene rings is 2. The largest absolute Gasteiger partial charge is 0.313 e. The van der Waals surface area contributed by atoms with Crippen LogP contribution in [-0.2, 0) is 6.42 Å². The number of hydrogen-bond donors (Lipinski definition) is 1. The van der Waals surface area contributed by atoms with Crippen LogP contribution < -0.4 is 5.32 Å². The fourth-order valence-corrected chi connectivity index (χ4v) is 3.25. The van der Waals surface area contributed by atoms with Gasteiger partial charge in [0.25, 0.3) is 0 Å². The van der Waals surface area contributed by atoms with Crippen LogP contribution in [0.3, 0.4) is 0 Å². The molecular formula is C19H24BrN. The number of hydrogen-bond acceptors (Lipinski definition) is 1. The summed E-state index contributed by atoms with van der Waals surface area (Å²) < 4.78 is 1.17. The molecule has 1 N–H and O–H groups in total. The summed E-state index contributed by atoms with van der Waals surface area (Å²) in [7, 11) is 2.04. The summed E-state index contributed by atoms with van der Waals surface area (Å²) in [6.07, 6.45) is 1.02. The van der Waals surface area contributed by atoms with E-state index < -0.39 is 0 Å². The van der Waals surface area contributed by atoms with E-state index in [9.17, 15) is 0 Å². The lowest BCUT2D eigenvalue weighted by Gasteiger charge is -2.21. The summed E-state index contributed by atoms with van der Waals surface area (Å²) in [4.78, 5) is 0. The number of rotatable bonds is 4. The minimum atomic E-state index is 0.344. The summed E-state index contributed by atoms with van der Waals surface area (Å²) in [6.45, 7) is 8.74. The quantitative estimate of drug-likeness (QED) is 0.804. The molecule has 0 saturated carbocycles. The van der Waals surface area contributed by atoms with E-state index in [1.54, 1.807) is 0 Å². The van der Waals surface area contributed by atoms with Crippen molar-refractivity contribution in [2.45, 2.75) is 40.2 Å². The van der Waals surface area contributed by atoms with Gasteiger partial charge in [-0.3, -0.25) is 0 Å². The van der Waals surface area contributed by atoms with Crippen molar-refractivity contribution in [3.05, 3.63) is 68.2 Å². The first-order valence-electron chi connectivity index (χ1n) is 7.42. The second kappa shape index (κ2) is 6.76. The van der Waals surface area contributed by atoms with Gasteiger partial charge < -0.3 is 5.32 Å². The fraction of sp³-hybridized carbons (Fsp3) is 0.368. The van der Waals surface area contributed by atoms with Crippen LogP contribution in [-0.4, -0.2) is 7.05 Å². The van der Waals surface area contributed by atoms with Gasteiger partial charge in [-0.25, -0.2) is 0 Å². The Balaban J connectivity index is 2.33. The Bertz CT molecular complexity index is 623. The number of nitrogens with one attached hydrogen (secondary N) is 1. The van der Waals surface area contributed by atoms with Gasteiger partial charge in [0.05, 0.1) is 0 Å². The Morgan fingerprint density at radius 1 is 0.952 bits per heavy atom. The molecule has 0 radical (unpaired) electrons. The average Bonchev–Trinajstić information content (AvgIpc) is 2.41. The molecule has 21 heavy (non-hydrogen) atoms. The Labute approximate surface area is 136 Å². The van der Waals surface area contributed by atoms with Crippen LogP contribution >= 0.6 is 15.9 Å². The summed E-state index contributed by atoms with van der Waals surface area (Å²) in [5, 5.41) is 3.47. The van der Waals surface area contributed by atoms with Crippen LogP contribution in [0.5, 0.6) is 0 Å². The molecule has 0 aliphatic carbocycles. The molecule has 1 atom stereocenters. The molecule has 0 aliphatic rings. The summed E-state index contributed by atoms with van der Waals surface area (Å²) >= 11 is 3.58. The number of halogens is 1. The third kappa shape index (κ3) is 3.75. The van der Waals surface area contributed by atoms with Crippen molar-refractivity contribution in [2.24, 2.45) is 0 Å². The third-order valence-electron chi connectivity index (χ3n) is 4.18. The topological polar surface area (TPSA) is 12.0 Å². The lowest BCUT2D eigenvalue weighted by Crippen LogP contribution is -2.20. The predicted octanol–water partition coefficient (Wildman–Crippen LogP) is 5.19. The van der Waals surface area contributed by atoms with E-state index in [4.69, 9.17) is 0 Å². The van der Waals surface area contributed by atoms with Crippen LogP contribution in [0.4, 0.5) is 0 Å². The van der Waals surface area contributed by atoms with E-state index in [1.807, 2.05) is 7.05 Å². The van der Waals surface area contributed by atoms with Crippen molar-refractivity contribution in [3.8, 4) is 0 Å². The Morgan fingerprint density at radius 2 is 1.57 bits per heavy atom. The van der Waals surface area contributed by atoms with Crippen molar-refractivity contribution in [3.63, 3.8) is 0 Å². The van der Waals surface area contributed by atoms with Crippen molar-refractivity contribution >= 4 is 15.9 Å². The van der Waals surface area contributed by atoms with Crippen LogP contribution in [0.2, 0.25) is 0 Å². The SMILES string of the molecule is CNC(Cc1c(C)cc(C)cc1C)c1ccc(Br)c(C)c1. The molecule has 2 aromatic carbocycles. The van der Waals surface area contributed by atoms with Gasteiger partial charge in [-0.1, -0.05) is 45.8 Å². The molecule has 0 fully saturated rings. The second-order valence-electron chi connectivity index (χ2n) is 5.93. The highest BCUT2D eigenvalue weighted by atomic mass is 79.9. The molecule has 1 nitrogen and oxygen atoms in total. The maximum Gasteiger partial charge on any atom is 0.0358 e. The van der Waals surface area contributed by atoms with Crippen LogP contribution in [0.15, 0.2) is 34.8 Å². The fourth-order valence-electron chi connectivity index (χ4n) is 3.01. The van der Waals surface area contributed by atoms with Crippen molar-refractivity contribution in [1.82, 2.24) is 5.32 Å². The molecule has 0 saturated heterocycles. The zero-order chi connectivity index (χ0) is 15.6. The molecule has 0 bridgehead atoms. The highest BCUT2D eigenvalue weighted by molar-refractivity contribution is 9.10. The zero-order valence-electron chi connectivity index (χ0n) is 13.5. The number of aryl methyl sites for hydroxylation is 4. The average molecular weight is 346 g/mol. The van der Waals surface area contributed by atoms with E-state index in [2.05, 4.69) is 79.3 Å². The first-order chi connectivity index (χ1) is 9.92. The lowest BCUT2D eigenvalue weighted by molar-refractivity contribution is 0.588. The molecule has 0 amide bonds. The van der Waals surface area contributed by atoms with Gasteiger partial charge in [0.1, 0.15) is 0 Å². The molecule has 0 aliphatic heterocycles. The Kier molecular flexibility index (Phi) is 5.23. The third-order valence-corrected chi connectivity index (χ3v) is 5.07. The van der Waals surface area contributed by atoms with Gasteiger partial charge in [0, 0.05) is 10.5 Å². The molecule has 2 aromatic rings. The van der Waals surface area contributed by atoms with E-state index in [0.717, 1.165) is 6.42 Å². The smallest absolute Gasteiger partial charge is 0.0358 e. The van der Waals surface area contributed by atoms with Crippen LogP contribution in [0, 0.1) is 27.7 Å². The highest BCUT2D eigenvalue weighted by Gasteiger charge is 2.14. The van der Waals surface area contributed by atoms with Gasteiger partial charge >= 0.3 is 0 Å². The van der Waals surface area contributed by atoms with Gasteiger partial charge in [0.2, 0.25) is 0 Å². The summed E-state index contributed by atoms with van der Waals surface area (Å²) in [6, 6.07) is 11.5. The monoisotopic (exact) mass is 345 g/mol. The minimum absolute atomic E-state index is 0.344. The Hall–Kier alpha value is -1.12. The first kappa shape index (κ1) is 16.3. The molecular weight excluding hydrogens is 322 g/mol. The van der Waals surface area contributed by atoms with Gasteiger partial charge in [-0.2, -0.15) is 0 Å². The number of likely N-dealkylation sites (N-methyl/N-ethyl adjacent to an activating group) is 1. The van der Waals surface area contributed by atoms with Gasteiger partial charge in [0.15, 0.2) is 0 Å². The zero-order valence-corrected chi connectivity index (χ0v) is 15.1. The van der Waals surface area contributed by atoms with Crippen LogP contribution in [0.25, 0.3) is 0 Å². The highest BCUT2D eigenvalue weighted by Crippen LogP contribution is 2.26. The molecule has 0 aromatic heterocycles. The maximum atomic E-state index is 3.58. The Morgan fingerprint density at radius 3 is 2.10 bits per heavy atom. The second-order valence-corrected chi connectivity index (χ2v) is 6.79. The standard InChI is InChI=1S/C19H24BrN/c1-12-8-13(2)17(14(3)9-12)11-19(21-5)16-6-7-18(20)15(4)10-16/h6-10,19,21H,11H2,1-5H3. The molecule has 1 unspecified atom stereocenters. The van der Waals surface area contributed by atoms with Crippen molar-refractivity contribution in [1.29, 1.82) is 0 Å². The van der Waals surface area contributed by atoms with Crippen LogP contribution in [0.1, 0.15) is 39.4 Å². The first-order valence-corrected chi connectivity index (χ1v) is 8.21. The minimum Gasteiger partial charge on any atom is -0.313 e.